The number of hydrazine groups is 1. The molecule has 2 rings (SSSR count). The molecular formula is C15H22N2S. The first-order valence-electron chi connectivity index (χ1n) is 6.65. The molecule has 1 aromatic carbocycles. The van der Waals surface area contributed by atoms with E-state index >= 15 is 0 Å². The van der Waals surface area contributed by atoms with Gasteiger partial charge >= 0.3 is 0 Å². The van der Waals surface area contributed by atoms with Crippen LogP contribution in [0.1, 0.15) is 44.0 Å². The zero-order valence-corrected chi connectivity index (χ0v) is 12.0. The number of fused-ring (bicyclic) bond motifs is 1. The van der Waals surface area contributed by atoms with E-state index in [1.807, 2.05) is 11.3 Å². The molecule has 0 aliphatic rings. The minimum Gasteiger partial charge on any atom is -0.271 e. The predicted octanol–water partition coefficient (Wildman–Crippen LogP) is 4.23. The average molecular weight is 262 g/mol. The summed E-state index contributed by atoms with van der Waals surface area (Å²) in [5.41, 5.74) is 2.96. The number of nitrogens with one attached hydrogen (secondary N) is 1. The van der Waals surface area contributed by atoms with Crippen LogP contribution in [0.5, 0.6) is 0 Å². The number of hydrogen-bond acceptors (Lipinski definition) is 3. The molecule has 3 N–H and O–H groups in total. The largest absolute Gasteiger partial charge is 0.271 e. The number of rotatable bonds is 6. The van der Waals surface area contributed by atoms with Gasteiger partial charge in [0, 0.05) is 9.58 Å². The van der Waals surface area contributed by atoms with Crippen LogP contribution in [0.3, 0.4) is 0 Å². The van der Waals surface area contributed by atoms with Crippen molar-refractivity contribution in [2.24, 2.45) is 11.8 Å². The summed E-state index contributed by atoms with van der Waals surface area (Å²) < 4.78 is 1.34. The molecule has 0 aliphatic heterocycles. The Morgan fingerprint density at radius 1 is 1.22 bits per heavy atom. The van der Waals surface area contributed by atoms with Gasteiger partial charge in [-0.3, -0.25) is 11.3 Å². The van der Waals surface area contributed by atoms with Gasteiger partial charge in [0.2, 0.25) is 0 Å². The number of hydrogen-bond donors (Lipinski definition) is 2. The molecule has 0 bridgehead atoms. The molecule has 0 saturated heterocycles. The van der Waals surface area contributed by atoms with Crippen molar-refractivity contribution in [2.45, 2.75) is 39.2 Å². The maximum Gasteiger partial charge on any atom is 0.0553 e. The summed E-state index contributed by atoms with van der Waals surface area (Å²) in [5.74, 6) is 6.47. The Kier molecular flexibility index (Phi) is 4.75. The maximum absolute atomic E-state index is 5.70. The lowest BCUT2D eigenvalue weighted by molar-refractivity contribution is 0.459. The highest BCUT2D eigenvalue weighted by Crippen LogP contribution is 2.31. The molecule has 1 heterocycles. The second-order valence-electron chi connectivity index (χ2n) is 5.23. The maximum atomic E-state index is 5.70. The highest BCUT2D eigenvalue weighted by molar-refractivity contribution is 7.19. The molecule has 0 aliphatic carbocycles. The van der Waals surface area contributed by atoms with Crippen LogP contribution in [0, 0.1) is 5.92 Å². The normalized spacial score (nSPS) is 13.3. The third-order valence-corrected chi connectivity index (χ3v) is 4.49. The van der Waals surface area contributed by atoms with Crippen LogP contribution in [0.15, 0.2) is 30.3 Å². The molecule has 0 amide bonds. The van der Waals surface area contributed by atoms with Crippen LogP contribution >= 0.6 is 11.3 Å². The summed E-state index contributed by atoms with van der Waals surface area (Å²) in [7, 11) is 0. The Morgan fingerprint density at radius 2 is 2.00 bits per heavy atom. The van der Waals surface area contributed by atoms with Gasteiger partial charge in [0.25, 0.3) is 0 Å². The van der Waals surface area contributed by atoms with E-state index in [9.17, 15) is 0 Å². The molecule has 0 spiro atoms. The Bertz CT molecular complexity index is 457. The first-order chi connectivity index (χ1) is 8.70. The van der Waals surface area contributed by atoms with Crippen molar-refractivity contribution in [2.75, 3.05) is 0 Å². The third kappa shape index (κ3) is 3.31. The van der Waals surface area contributed by atoms with E-state index in [-0.39, 0.29) is 0 Å². The monoisotopic (exact) mass is 262 g/mol. The molecule has 18 heavy (non-hydrogen) atoms. The Labute approximate surface area is 113 Å². The fraction of sp³-hybridized carbons (Fsp3) is 0.467. The zero-order chi connectivity index (χ0) is 13.0. The second kappa shape index (κ2) is 6.32. The van der Waals surface area contributed by atoms with Crippen molar-refractivity contribution < 1.29 is 0 Å². The first-order valence-corrected chi connectivity index (χ1v) is 7.47. The van der Waals surface area contributed by atoms with Gasteiger partial charge in [0.05, 0.1) is 6.04 Å². The molecule has 2 nitrogen and oxygen atoms in total. The van der Waals surface area contributed by atoms with Crippen molar-refractivity contribution in [1.82, 2.24) is 5.43 Å². The van der Waals surface area contributed by atoms with Gasteiger partial charge in [0.1, 0.15) is 0 Å². The van der Waals surface area contributed by atoms with Crippen LogP contribution < -0.4 is 11.3 Å². The van der Waals surface area contributed by atoms with Crippen LogP contribution in [-0.2, 0) is 0 Å². The summed E-state index contributed by atoms with van der Waals surface area (Å²) >= 11 is 1.85. The Morgan fingerprint density at radius 3 is 2.67 bits per heavy atom. The molecule has 1 aromatic heterocycles. The van der Waals surface area contributed by atoms with Gasteiger partial charge in [-0.2, -0.15) is 0 Å². The highest BCUT2D eigenvalue weighted by atomic mass is 32.1. The van der Waals surface area contributed by atoms with Gasteiger partial charge in [-0.25, -0.2) is 0 Å². The molecule has 2 aromatic rings. The quantitative estimate of drug-likeness (QED) is 0.604. The van der Waals surface area contributed by atoms with E-state index in [1.165, 1.54) is 27.8 Å². The summed E-state index contributed by atoms with van der Waals surface area (Å²) in [6.07, 6.45) is 3.60. The van der Waals surface area contributed by atoms with Gasteiger partial charge in [-0.1, -0.05) is 44.9 Å². The molecule has 0 saturated carbocycles. The van der Waals surface area contributed by atoms with Gasteiger partial charge < -0.3 is 0 Å². The Hall–Kier alpha value is -0.900. The Balaban J connectivity index is 2.07. The van der Waals surface area contributed by atoms with Gasteiger partial charge in [-0.15, -0.1) is 11.3 Å². The third-order valence-electron chi connectivity index (χ3n) is 3.26. The standard InChI is InChI=1S/C15H22N2S/c1-11(2)6-5-8-13(17-16)15-10-12-7-3-4-9-14(12)18-15/h3-4,7,9-11,13,17H,5-6,8,16H2,1-2H3. The lowest BCUT2D eigenvalue weighted by atomic mass is 10.0. The zero-order valence-electron chi connectivity index (χ0n) is 11.1. The van der Waals surface area contributed by atoms with E-state index in [1.54, 1.807) is 0 Å². The summed E-state index contributed by atoms with van der Waals surface area (Å²) in [6.45, 7) is 4.54. The van der Waals surface area contributed by atoms with Crippen LogP contribution in [-0.4, -0.2) is 0 Å². The summed E-state index contributed by atoms with van der Waals surface area (Å²) in [6, 6.07) is 11.1. The fourth-order valence-corrected chi connectivity index (χ4v) is 3.37. The SMILES string of the molecule is CC(C)CCCC(NN)c1cc2ccccc2s1. The number of nitrogens with two attached hydrogens (primary N) is 1. The smallest absolute Gasteiger partial charge is 0.0553 e. The summed E-state index contributed by atoms with van der Waals surface area (Å²) in [4.78, 5) is 1.35. The topological polar surface area (TPSA) is 38.0 Å². The lowest BCUT2D eigenvalue weighted by Crippen LogP contribution is -2.27. The van der Waals surface area contributed by atoms with Crippen molar-refractivity contribution in [3.63, 3.8) is 0 Å². The average Bonchev–Trinajstić information content (AvgIpc) is 2.77. The molecule has 1 unspecified atom stereocenters. The molecule has 1 atom stereocenters. The van der Waals surface area contributed by atoms with Crippen LogP contribution in [0.4, 0.5) is 0 Å². The van der Waals surface area contributed by atoms with E-state index < -0.39 is 0 Å². The van der Waals surface area contributed by atoms with Gasteiger partial charge in [-0.05, 0) is 29.9 Å². The molecule has 3 heteroatoms. The fourth-order valence-electron chi connectivity index (χ4n) is 2.21. The van der Waals surface area contributed by atoms with E-state index in [2.05, 4.69) is 49.6 Å². The molecule has 0 radical (unpaired) electrons. The van der Waals surface area contributed by atoms with Crippen molar-refractivity contribution in [3.05, 3.63) is 35.2 Å². The number of thiophene rings is 1. The van der Waals surface area contributed by atoms with Crippen molar-refractivity contribution in [3.8, 4) is 0 Å². The van der Waals surface area contributed by atoms with Crippen LogP contribution in [0.25, 0.3) is 10.1 Å². The van der Waals surface area contributed by atoms with Crippen LogP contribution in [0.2, 0.25) is 0 Å². The van der Waals surface area contributed by atoms with Crippen molar-refractivity contribution in [1.29, 1.82) is 0 Å². The summed E-state index contributed by atoms with van der Waals surface area (Å²) in [5, 5.41) is 1.32. The second-order valence-corrected chi connectivity index (χ2v) is 6.35. The molecule has 98 valence electrons. The van der Waals surface area contributed by atoms with E-state index in [4.69, 9.17) is 5.84 Å². The minimum absolute atomic E-state index is 0.293. The molecular weight excluding hydrogens is 240 g/mol. The minimum atomic E-state index is 0.293. The van der Waals surface area contributed by atoms with E-state index in [0.29, 0.717) is 6.04 Å². The lowest BCUT2D eigenvalue weighted by Gasteiger charge is -2.14. The number of benzene rings is 1. The molecule has 0 fully saturated rings. The first kappa shape index (κ1) is 13.5. The predicted molar refractivity (Wildman–Crippen MR) is 80.6 cm³/mol. The highest BCUT2D eigenvalue weighted by Gasteiger charge is 2.12. The van der Waals surface area contributed by atoms with Gasteiger partial charge in [0.15, 0.2) is 0 Å². The van der Waals surface area contributed by atoms with E-state index in [0.717, 1.165) is 12.3 Å². The van der Waals surface area contributed by atoms with Crippen molar-refractivity contribution >= 4 is 21.4 Å².